The number of hydrogen-bond acceptors (Lipinski definition) is 4. The van der Waals surface area contributed by atoms with E-state index < -0.39 is 11.1 Å². The molecule has 1 N–H and O–H groups in total. The lowest BCUT2D eigenvalue weighted by Crippen LogP contribution is -1.99. The van der Waals surface area contributed by atoms with Crippen LogP contribution >= 0.6 is 0 Å². The first-order valence-electron chi connectivity index (χ1n) is 4.13. The molecule has 0 bridgehead atoms. The van der Waals surface area contributed by atoms with Crippen LogP contribution in [0.3, 0.4) is 0 Å². The van der Waals surface area contributed by atoms with Gasteiger partial charge in [-0.1, -0.05) is 0 Å². The first-order valence-corrected chi connectivity index (χ1v) is 5.24. The quantitative estimate of drug-likeness (QED) is 0.753. The van der Waals surface area contributed by atoms with Gasteiger partial charge in [-0.2, -0.15) is 0 Å². The van der Waals surface area contributed by atoms with E-state index in [-0.39, 0.29) is 0 Å². The number of rotatable bonds is 2. The summed E-state index contributed by atoms with van der Waals surface area (Å²) in [6.07, 6.45) is 1.47. The summed E-state index contributed by atoms with van der Waals surface area (Å²) in [4.78, 5) is 0.365. The van der Waals surface area contributed by atoms with E-state index >= 15 is 0 Å². The van der Waals surface area contributed by atoms with Gasteiger partial charge in [-0.3, -0.25) is 0 Å². The van der Waals surface area contributed by atoms with E-state index in [1.165, 1.54) is 11.0 Å². The molecule has 7 heteroatoms. The Morgan fingerprint density at radius 3 is 2.80 bits per heavy atom. The molecule has 78 valence electrons. The van der Waals surface area contributed by atoms with Crippen molar-refractivity contribution in [2.24, 2.45) is 0 Å². The lowest BCUT2D eigenvalue weighted by Gasteiger charge is -2.04. The van der Waals surface area contributed by atoms with Crippen LogP contribution in [0.15, 0.2) is 29.4 Å². The maximum absolute atomic E-state index is 10.8. The van der Waals surface area contributed by atoms with E-state index in [0.29, 0.717) is 4.90 Å². The monoisotopic (exact) mass is 224 g/mol. The highest BCUT2D eigenvalue weighted by atomic mass is 32.2. The molecule has 0 radical (unpaired) electrons. The summed E-state index contributed by atoms with van der Waals surface area (Å²) in [7, 11) is 0. The molecule has 1 aromatic heterocycles. The van der Waals surface area contributed by atoms with Gasteiger partial charge in [-0.05, 0) is 41.1 Å². The molecular weight excluding hydrogens is 216 g/mol. The zero-order valence-corrected chi connectivity index (χ0v) is 8.68. The second kappa shape index (κ2) is 3.87. The highest BCUT2D eigenvalue weighted by Crippen LogP contribution is 2.15. The number of tetrazole rings is 1. The average molecular weight is 224 g/mol. The van der Waals surface area contributed by atoms with Crippen LogP contribution in [0.25, 0.3) is 5.69 Å². The maximum atomic E-state index is 10.8. The normalized spacial score (nSPS) is 12.7. The van der Waals surface area contributed by atoms with Gasteiger partial charge in [-0.15, -0.1) is 5.10 Å². The minimum Gasteiger partial charge on any atom is -0.302 e. The minimum absolute atomic E-state index is 0.365. The third-order valence-electron chi connectivity index (χ3n) is 1.97. The molecule has 0 aliphatic heterocycles. The average Bonchev–Trinajstić information content (AvgIpc) is 2.70. The van der Waals surface area contributed by atoms with Gasteiger partial charge in [0.25, 0.3) is 0 Å². The van der Waals surface area contributed by atoms with Crippen LogP contribution in [0.1, 0.15) is 5.56 Å². The van der Waals surface area contributed by atoms with Crippen LogP contribution in [0.2, 0.25) is 0 Å². The molecule has 2 aromatic rings. The molecule has 0 saturated heterocycles. The predicted molar refractivity (Wildman–Crippen MR) is 52.9 cm³/mol. The molecule has 0 saturated carbocycles. The fraction of sp³-hybridized carbons (Fsp3) is 0.125. The first kappa shape index (κ1) is 9.94. The summed E-state index contributed by atoms with van der Waals surface area (Å²) in [6.45, 7) is 1.83. The lowest BCUT2D eigenvalue weighted by atomic mass is 10.2. The molecular formula is C8H8N4O2S. The van der Waals surface area contributed by atoms with Crippen molar-refractivity contribution < 1.29 is 8.76 Å². The summed E-state index contributed by atoms with van der Waals surface area (Å²) < 4.78 is 21.2. The topological polar surface area (TPSA) is 80.9 Å². The minimum atomic E-state index is -1.96. The van der Waals surface area contributed by atoms with E-state index in [9.17, 15) is 4.21 Å². The summed E-state index contributed by atoms with van der Waals surface area (Å²) in [5, 5.41) is 10.8. The van der Waals surface area contributed by atoms with Gasteiger partial charge < -0.3 is 4.55 Å². The van der Waals surface area contributed by atoms with Crippen LogP contribution in [0.4, 0.5) is 0 Å². The fourth-order valence-corrected chi connectivity index (χ4v) is 1.73. The Hall–Kier alpha value is -1.60. The number of nitrogens with zero attached hydrogens (tertiary/aromatic N) is 4. The van der Waals surface area contributed by atoms with E-state index in [2.05, 4.69) is 15.5 Å². The SMILES string of the molecule is Cc1cc(S(=O)O)ccc1-n1cnnn1. The molecule has 0 amide bonds. The van der Waals surface area contributed by atoms with Crippen molar-refractivity contribution in [2.45, 2.75) is 11.8 Å². The summed E-state index contributed by atoms with van der Waals surface area (Å²) in [5.41, 5.74) is 1.62. The third kappa shape index (κ3) is 1.92. The molecule has 1 aromatic carbocycles. The number of hydrogen-bond donors (Lipinski definition) is 1. The third-order valence-corrected chi connectivity index (χ3v) is 2.62. The molecule has 6 nitrogen and oxygen atoms in total. The van der Waals surface area contributed by atoms with Crippen LogP contribution < -0.4 is 0 Å². The zero-order valence-electron chi connectivity index (χ0n) is 7.86. The largest absolute Gasteiger partial charge is 0.302 e. The highest BCUT2D eigenvalue weighted by Gasteiger charge is 2.06. The Morgan fingerprint density at radius 2 is 2.27 bits per heavy atom. The highest BCUT2D eigenvalue weighted by molar-refractivity contribution is 7.79. The summed E-state index contributed by atoms with van der Waals surface area (Å²) >= 11 is -1.96. The molecule has 0 aliphatic carbocycles. The lowest BCUT2D eigenvalue weighted by molar-refractivity contribution is 0.564. The van der Waals surface area contributed by atoms with Crippen molar-refractivity contribution in [3.05, 3.63) is 30.1 Å². The Morgan fingerprint density at radius 1 is 1.47 bits per heavy atom. The smallest absolute Gasteiger partial charge is 0.186 e. The molecule has 1 unspecified atom stereocenters. The van der Waals surface area contributed by atoms with Gasteiger partial charge in [0.1, 0.15) is 6.33 Å². The van der Waals surface area contributed by atoms with E-state index in [0.717, 1.165) is 11.3 Å². The Kier molecular flexibility index (Phi) is 2.57. The Labute approximate surface area is 88.2 Å². The van der Waals surface area contributed by atoms with E-state index in [1.54, 1.807) is 18.2 Å². The molecule has 15 heavy (non-hydrogen) atoms. The fourth-order valence-electron chi connectivity index (χ4n) is 1.27. The summed E-state index contributed by atoms with van der Waals surface area (Å²) in [6, 6.07) is 4.91. The number of aryl methyl sites for hydroxylation is 1. The zero-order chi connectivity index (χ0) is 10.8. The first-order chi connectivity index (χ1) is 7.18. The van der Waals surface area contributed by atoms with Crippen molar-refractivity contribution >= 4 is 11.1 Å². The second-order valence-electron chi connectivity index (χ2n) is 2.95. The van der Waals surface area contributed by atoms with Gasteiger partial charge in [0, 0.05) is 0 Å². The maximum Gasteiger partial charge on any atom is 0.186 e. The van der Waals surface area contributed by atoms with Crippen molar-refractivity contribution in [2.75, 3.05) is 0 Å². The van der Waals surface area contributed by atoms with E-state index in [1.807, 2.05) is 6.92 Å². The molecule has 2 rings (SSSR count). The molecule has 1 atom stereocenters. The van der Waals surface area contributed by atoms with Crippen LogP contribution in [0, 0.1) is 6.92 Å². The number of aromatic nitrogens is 4. The van der Waals surface area contributed by atoms with Crippen LogP contribution in [-0.4, -0.2) is 29.0 Å². The van der Waals surface area contributed by atoms with Gasteiger partial charge in [0.2, 0.25) is 0 Å². The molecule has 0 aliphatic rings. The van der Waals surface area contributed by atoms with Gasteiger partial charge in [0.05, 0.1) is 10.6 Å². The van der Waals surface area contributed by atoms with Crippen molar-refractivity contribution in [3.63, 3.8) is 0 Å². The van der Waals surface area contributed by atoms with Gasteiger partial charge in [-0.25, -0.2) is 8.89 Å². The predicted octanol–water partition coefficient (Wildman–Crippen LogP) is 0.551. The Bertz CT molecular complexity index is 497. The van der Waals surface area contributed by atoms with Crippen molar-refractivity contribution in [3.8, 4) is 5.69 Å². The standard InChI is InChI=1S/C8H8N4O2S/c1-6-4-7(15(13)14)2-3-8(6)12-5-9-10-11-12/h2-5H,1H3,(H,13,14). The molecule has 1 heterocycles. The van der Waals surface area contributed by atoms with E-state index in [4.69, 9.17) is 4.55 Å². The summed E-state index contributed by atoms with van der Waals surface area (Å²) in [5.74, 6) is 0. The van der Waals surface area contributed by atoms with Crippen LogP contribution in [-0.2, 0) is 11.1 Å². The number of benzene rings is 1. The second-order valence-corrected chi connectivity index (χ2v) is 3.92. The van der Waals surface area contributed by atoms with Gasteiger partial charge in [0.15, 0.2) is 11.1 Å². The van der Waals surface area contributed by atoms with Crippen molar-refractivity contribution in [1.29, 1.82) is 0 Å². The Balaban J connectivity index is 2.48. The van der Waals surface area contributed by atoms with Crippen molar-refractivity contribution in [1.82, 2.24) is 20.2 Å². The molecule has 0 spiro atoms. The molecule has 0 fully saturated rings. The van der Waals surface area contributed by atoms with Crippen LogP contribution in [0.5, 0.6) is 0 Å². The van der Waals surface area contributed by atoms with Gasteiger partial charge >= 0.3 is 0 Å².